The van der Waals surface area contributed by atoms with Gasteiger partial charge in [-0.05, 0) is 6.42 Å². The van der Waals surface area contributed by atoms with Crippen LogP contribution in [0.2, 0.25) is 0 Å². The summed E-state index contributed by atoms with van der Waals surface area (Å²) >= 11 is 0. The summed E-state index contributed by atoms with van der Waals surface area (Å²) in [6.45, 7) is 5.53. The highest BCUT2D eigenvalue weighted by molar-refractivity contribution is 7.89. The average Bonchev–Trinajstić information content (AvgIpc) is 2.13. The number of hydrogen-bond donors (Lipinski definition) is 1. The second-order valence-electron chi connectivity index (χ2n) is 4.66. The van der Waals surface area contributed by atoms with Gasteiger partial charge >= 0.3 is 0 Å². The molecule has 5 nitrogen and oxygen atoms in total. The van der Waals surface area contributed by atoms with E-state index in [0.29, 0.717) is 13.0 Å². The van der Waals surface area contributed by atoms with Crippen molar-refractivity contribution in [3.05, 3.63) is 0 Å². The van der Waals surface area contributed by atoms with Crippen LogP contribution in [-0.4, -0.2) is 40.2 Å². The van der Waals surface area contributed by atoms with Gasteiger partial charge in [-0.2, -0.15) is 0 Å². The van der Waals surface area contributed by atoms with E-state index in [1.807, 2.05) is 0 Å². The van der Waals surface area contributed by atoms with Crippen molar-refractivity contribution in [2.24, 2.45) is 5.41 Å². The zero-order valence-corrected chi connectivity index (χ0v) is 11.2. The number of sulfonamides is 1. The van der Waals surface area contributed by atoms with Crippen LogP contribution >= 0.6 is 0 Å². The highest BCUT2D eigenvalue weighted by atomic mass is 32.2. The quantitative estimate of drug-likeness (QED) is 0.671. The highest BCUT2D eigenvalue weighted by Crippen LogP contribution is 2.13. The van der Waals surface area contributed by atoms with Crippen molar-refractivity contribution in [2.75, 3.05) is 26.0 Å². The van der Waals surface area contributed by atoms with Crippen LogP contribution < -0.4 is 4.72 Å². The third kappa shape index (κ3) is 6.92. The maximum Gasteiger partial charge on any atom is 0.212 e. The molecule has 6 heteroatoms. The van der Waals surface area contributed by atoms with Gasteiger partial charge < -0.3 is 4.74 Å². The van der Waals surface area contributed by atoms with Crippen molar-refractivity contribution >= 4 is 15.8 Å². The van der Waals surface area contributed by atoms with Gasteiger partial charge in [0, 0.05) is 19.1 Å². The van der Waals surface area contributed by atoms with Crippen LogP contribution in [0.3, 0.4) is 0 Å². The molecule has 16 heavy (non-hydrogen) atoms. The second kappa shape index (κ2) is 6.32. The minimum Gasteiger partial charge on any atom is -0.385 e. The van der Waals surface area contributed by atoms with E-state index in [4.69, 9.17) is 4.74 Å². The molecule has 0 radical (unpaired) electrons. The van der Waals surface area contributed by atoms with Crippen LogP contribution in [0.5, 0.6) is 0 Å². The first kappa shape index (κ1) is 15.5. The van der Waals surface area contributed by atoms with Crippen molar-refractivity contribution in [2.45, 2.75) is 27.2 Å². The molecule has 0 amide bonds. The third-order valence-corrected chi connectivity index (χ3v) is 3.46. The van der Waals surface area contributed by atoms with Crippen LogP contribution in [0.4, 0.5) is 0 Å². The molecular formula is C10H21NO4S. The second-order valence-corrected chi connectivity index (χ2v) is 6.59. The van der Waals surface area contributed by atoms with Crippen molar-refractivity contribution in [3.63, 3.8) is 0 Å². The smallest absolute Gasteiger partial charge is 0.212 e. The van der Waals surface area contributed by atoms with Crippen molar-refractivity contribution < 1.29 is 17.9 Å². The summed E-state index contributed by atoms with van der Waals surface area (Å²) < 4.78 is 29.9. The van der Waals surface area contributed by atoms with E-state index < -0.39 is 15.4 Å². The Kier molecular flexibility index (Phi) is 6.14. The minimum absolute atomic E-state index is 0.0156. The first-order chi connectivity index (χ1) is 7.19. The molecule has 0 bridgehead atoms. The summed E-state index contributed by atoms with van der Waals surface area (Å²) in [5, 5.41) is 0. The Balaban J connectivity index is 4.05. The van der Waals surface area contributed by atoms with Crippen LogP contribution in [0.15, 0.2) is 0 Å². The van der Waals surface area contributed by atoms with E-state index in [1.165, 1.54) is 7.11 Å². The summed E-state index contributed by atoms with van der Waals surface area (Å²) in [5.74, 6) is -0.138. The van der Waals surface area contributed by atoms with Gasteiger partial charge in [0.2, 0.25) is 10.0 Å². The lowest BCUT2D eigenvalue weighted by atomic mass is 9.91. The third-order valence-electron chi connectivity index (χ3n) is 2.05. The lowest BCUT2D eigenvalue weighted by Gasteiger charge is -2.16. The number of ketones is 1. The van der Waals surface area contributed by atoms with Gasteiger partial charge in [0.25, 0.3) is 0 Å². The fourth-order valence-electron chi connectivity index (χ4n) is 0.906. The number of Topliss-reactive ketones (excluding diaryl/α,β-unsaturated/α-hetero) is 1. The van der Waals surface area contributed by atoms with Crippen LogP contribution in [-0.2, 0) is 19.6 Å². The Morgan fingerprint density at radius 1 is 1.31 bits per heavy atom. The molecule has 96 valence electrons. The lowest BCUT2D eigenvalue weighted by molar-refractivity contribution is -0.125. The molecule has 0 aliphatic heterocycles. The Labute approximate surface area is 97.6 Å². The normalized spacial score (nSPS) is 12.8. The number of rotatable bonds is 7. The van der Waals surface area contributed by atoms with Gasteiger partial charge in [-0.15, -0.1) is 0 Å². The molecule has 0 saturated heterocycles. The SMILES string of the molecule is COCCCS(=O)(=O)NCC(=O)C(C)(C)C. The molecule has 0 aliphatic rings. The summed E-state index contributed by atoms with van der Waals surface area (Å²) in [4.78, 5) is 11.5. The van der Waals surface area contributed by atoms with Gasteiger partial charge in [-0.1, -0.05) is 20.8 Å². The number of nitrogens with one attached hydrogen (secondary N) is 1. The van der Waals surface area contributed by atoms with E-state index >= 15 is 0 Å². The van der Waals surface area contributed by atoms with E-state index in [9.17, 15) is 13.2 Å². The Morgan fingerprint density at radius 3 is 2.31 bits per heavy atom. The molecule has 0 spiro atoms. The minimum atomic E-state index is -3.36. The van der Waals surface area contributed by atoms with E-state index in [2.05, 4.69) is 4.72 Å². The molecule has 0 fully saturated rings. The maximum atomic E-state index is 11.5. The lowest BCUT2D eigenvalue weighted by Crippen LogP contribution is -2.36. The van der Waals surface area contributed by atoms with Crippen LogP contribution in [0.1, 0.15) is 27.2 Å². The highest BCUT2D eigenvalue weighted by Gasteiger charge is 2.22. The Hall–Kier alpha value is -0.460. The van der Waals surface area contributed by atoms with Crippen LogP contribution in [0, 0.1) is 5.41 Å². The van der Waals surface area contributed by atoms with E-state index in [0.717, 1.165) is 0 Å². The fourth-order valence-corrected chi connectivity index (χ4v) is 1.90. The first-order valence-corrected chi connectivity index (χ1v) is 6.84. The zero-order chi connectivity index (χ0) is 12.8. The van der Waals surface area contributed by atoms with Crippen molar-refractivity contribution in [1.82, 2.24) is 4.72 Å². The standard InChI is InChI=1S/C10H21NO4S/c1-10(2,3)9(12)8-11-16(13,14)7-5-6-15-4/h11H,5-8H2,1-4H3. The van der Waals surface area contributed by atoms with E-state index in [1.54, 1.807) is 20.8 Å². The van der Waals surface area contributed by atoms with E-state index in [-0.39, 0.29) is 18.1 Å². The molecule has 0 unspecified atom stereocenters. The molecule has 0 aromatic heterocycles. The monoisotopic (exact) mass is 251 g/mol. The predicted molar refractivity (Wildman–Crippen MR) is 62.7 cm³/mol. The number of carbonyl (C=O) groups excluding carboxylic acids is 1. The molecule has 0 aromatic carbocycles. The van der Waals surface area contributed by atoms with Crippen molar-refractivity contribution in [1.29, 1.82) is 0 Å². The maximum absolute atomic E-state index is 11.5. The molecule has 0 aromatic rings. The molecule has 0 heterocycles. The predicted octanol–water partition coefficient (Wildman–Crippen LogP) is 0.557. The van der Waals surface area contributed by atoms with Gasteiger partial charge in [-0.25, -0.2) is 13.1 Å². The molecule has 0 rings (SSSR count). The number of methoxy groups -OCH3 is 1. The first-order valence-electron chi connectivity index (χ1n) is 5.18. The van der Waals surface area contributed by atoms with Gasteiger partial charge in [0.05, 0.1) is 12.3 Å². The fraction of sp³-hybridized carbons (Fsp3) is 0.900. The summed E-state index contributed by atoms with van der Waals surface area (Å²) in [7, 11) is -1.84. The van der Waals surface area contributed by atoms with Crippen LogP contribution in [0.25, 0.3) is 0 Å². The van der Waals surface area contributed by atoms with Gasteiger partial charge in [-0.3, -0.25) is 4.79 Å². The largest absolute Gasteiger partial charge is 0.385 e. The summed E-state index contributed by atoms with van der Waals surface area (Å²) in [6, 6.07) is 0. The molecule has 0 atom stereocenters. The average molecular weight is 251 g/mol. The Bertz CT molecular complexity index is 316. The molecule has 0 aliphatic carbocycles. The number of carbonyl (C=O) groups is 1. The molecule has 1 N–H and O–H groups in total. The Morgan fingerprint density at radius 2 is 1.88 bits per heavy atom. The zero-order valence-electron chi connectivity index (χ0n) is 10.4. The van der Waals surface area contributed by atoms with Gasteiger partial charge in [0.15, 0.2) is 5.78 Å². The summed E-state index contributed by atoms with van der Waals surface area (Å²) in [6.07, 6.45) is 0.426. The van der Waals surface area contributed by atoms with Gasteiger partial charge in [0.1, 0.15) is 0 Å². The molecule has 0 saturated carbocycles. The number of hydrogen-bond acceptors (Lipinski definition) is 4. The van der Waals surface area contributed by atoms with Crippen molar-refractivity contribution in [3.8, 4) is 0 Å². The summed E-state index contributed by atoms with van der Waals surface area (Å²) in [5.41, 5.74) is -0.519. The molecular weight excluding hydrogens is 230 g/mol. The topological polar surface area (TPSA) is 72.5 Å². The number of ether oxygens (including phenoxy) is 1.